The Morgan fingerprint density at radius 1 is 0.917 bits per heavy atom. The van der Waals surface area contributed by atoms with E-state index in [0.29, 0.717) is 5.82 Å². The van der Waals surface area contributed by atoms with Crippen molar-refractivity contribution in [3.05, 3.63) is 66.9 Å². The molecule has 2 aromatic carbocycles. The van der Waals surface area contributed by atoms with Crippen LogP contribution in [0.5, 0.6) is 11.5 Å². The highest BCUT2D eigenvalue weighted by Gasteiger charge is 2.13. The van der Waals surface area contributed by atoms with Crippen molar-refractivity contribution < 1.29 is 9.84 Å². The summed E-state index contributed by atoms with van der Waals surface area (Å²) in [6, 6.07) is 18.7. The smallest absolute Gasteiger partial charge is 0.172 e. The van der Waals surface area contributed by atoms with Crippen LogP contribution >= 0.6 is 0 Å². The lowest BCUT2D eigenvalue weighted by Crippen LogP contribution is -1.93. The highest BCUT2D eigenvalue weighted by Crippen LogP contribution is 2.30. The van der Waals surface area contributed by atoms with Crippen molar-refractivity contribution in [1.29, 1.82) is 0 Å². The normalized spacial score (nSPS) is 10.9. The van der Waals surface area contributed by atoms with E-state index in [0.717, 1.165) is 28.1 Å². The van der Waals surface area contributed by atoms with Gasteiger partial charge in [-0.2, -0.15) is 0 Å². The third-order valence-corrected chi connectivity index (χ3v) is 3.93. The summed E-state index contributed by atoms with van der Waals surface area (Å²) < 4.78 is 7.36. The Balaban J connectivity index is 1.91. The minimum Gasteiger partial charge on any atom is -0.508 e. The third-order valence-electron chi connectivity index (χ3n) is 3.93. The van der Waals surface area contributed by atoms with Gasteiger partial charge in [0.05, 0.1) is 12.7 Å². The van der Waals surface area contributed by atoms with Gasteiger partial charge in [0.25, 0.3) is 0 Å². The number of fused-ring (bicyclic) bond motifs is 1. The van der Waals surface area contributed by atoms with Gasteiger partial charge in [0.1, 0.15) is 11.5 Å². The molecule has 5 nitrogen and oxygen atoms in total. The number of phenolic OH excluding ortho intramolecular Hbond substituents is 1. The number of aromatic hydroxyl groups is 1. The van der Waals surface area contributed by atoms with Crippen molar-refractivity contribution in [2.24, 2.45) is 0 Å². The fourth-order valence-corrected chi connectivity index (χ4v) is 2.76. The summed E-state index contributed by atoms with van der Waals surface area (Å²) in [6.45, 7) is 0. The number of benzene rings is 2. The van der Waals surface area contributed by atoms with Gasteiger partial charge in [0, 0.05) is 6.20 Å². The second-order valence-corrected chi connectivity index (χ2v) is 5.42. The molecule has 4 rings (SSSR count). The molecule has 118 valence electrons. The van der Waals surface area contributed by atoms with E-state index in [1.54, 1.807) is 19.2 Å². The van der Waals surface area contributed by atoms with Crippen LogP contribution in [0.15, 0.2) is 66.9 Å². The molecule has 0 unspecified atom stereocenters. The zero-order valence-corrected chi connectivity index (χ0v) is 13.0. The van der Waals surface area contributed by atoms with Gasteiger partial charge in [-0.15, -0.1) is 10.2 Å². The zero-order chi connectivity index (χ0) is 16.5. The van der Waals surface area contributed by atoms with E-state index in [2.05, 4.69) is 10.2 Å². The molecule has 4 aromatic rings. The maximum absolute atomic E-state index is 9.70. The third kappa shape index (κ3) is 2.36. The van der Waals surface area contributed by atoms with Crippen LogP contribution in [0.4, 0.5) is 0 Å². The number of aromatic nitrogens is 3. The Labute approximate surface area is 138 Å². The minimum absolute atomic E-state index is 0.237. The van der Waals surface area contributed by atoms with E-state index < -0.39 is 0 Å². The number of rotatable bonds is 3. The number of nitrogens with zero attached hydrogens (tertiary/aromatic N) is 3. The van der Waals surface area contributed by atoms with Gasteiger partial charge in [-0.25, -0.2) is 0 Å². The first-order chi connectivity index (χ1) is 11.8. The van der Waals surface area contributed by atoms with E-state index >= 15 is 0 Å². The van der Waals surface area contributed by atoms with Crippen molar-refractivity contribution in [1.82, 2.24) is 14.6 Å². The SMILES string of the molecule is COc1ccccc1-c1nnc2ccc(-c3cccc(O)c3)cn12. The highest BCUT2D eigenvalue weighted by atomic mass is 16.5. The van der Waals surface area contributed by atoms with Crippen LogP contribution in [0.1, 0.15) is 0 Å². The average Bonchev–Trinajstić information content (AvgIpc) is 3.04. The molecular weight excluding hydrogens is 302 g/mol. The maximum Gasteiger partial charge on any atom is 0.172 e. The van der Waals surface area contributed by atoms with Gasteiger partial charge in [-0.05, 0) is 47.5 Å². The van der Waals surface area contributed by atoms with Gasteiger partial charge >= 0.3 is 0 Å². The molecule has 2 heterocycles. The molecule has 2 aromatic heterocycles. The molecule has 0 radical (unpaired) electrons. The zero-order valence-electron chi connectivity index (χ0n) is 13.0. The number of hydrogen-bond acceptors (Lipinski definition) is 4. The number of para-hydroxylation sites is 1. The summed E-state index contributed by atoms with van der Waals surface area (Å²) in [5.41, 5.74) is 3.52. The molecule has 0 spiro atoms. The Morgan fingerprint density at radius 3 is 2.62 bits per heavy atom. The van der Waals surface area contributed by atoms with Crippen LogP contribution in [0.2, 0.25) is 0 Å². The van der Waals surface area contributed by atoms with Gasteiger partial charge in [-0.1, -0.05) is 24.3 Å². The Hall–Kier alpha value is -3.34. The number of phenols is 1. The number of pyridine rings is 1. The van der Waals surface area contributed by atoms with Crippen LogP contribution in [-0.2, 0) is 0 Å². The molecule has 0 aliphatic heterocycles. The van der Waals surface area contributed by atoms with E-state index in [1.807, 2.05) is 59.1 Å². The topological polar surface area (TPSA) is 59.7 Å². The Bertz CT molecular complexity index is 1020. The van der Waals surface area contributed by atoms with Crippen LogP contribution in [0, 0.1) is 0 Å². The van der Waals surface area contributed by atoms with Crippen molar-refractivity contribution >= 4 is 5.65 Å². The van der Waals surface area contributed by atoms with Crippen molar-refractivity contribution in [3.63, 3.8) is 0 Å². The first-order valence-electron chi connectivity index (χ1n) is 7.54. The van der Waals surface area contributed by atoms with Crippen molar-refractivity contribution in [2.75, 3.05) is 7.11 Å². The first kappa shape index (κ1) is 14.3. The molecule has 0 bridgehead atoms. The largest absolute Gasteiger partial charge is 0.508 e. The number of ether oxygens (including phenoxy) is 1. The summed E-state index contributed by atoms with van der Waals surface area (Å²) in [5.74, 6) is 1.69. The molecule has 0 aliphatic carbocycles. The monoisotopic (exact) mass is 317 g/mol. The minimum atomic E-state index is 0.237. The summed E-state index contributed by atoms with van der Waals surface area (Å²) in [6.07, 6.45) is 1.96. The predicted molar refractivity (Wildman–Crippen MR) is 92.1 cm³/mol. The second kappa shape index (κ2) is 5.70. The molecule has 5 heteroatoms. The van der Waals surface area contributed by atoms with Crippen LogP contribution in [-0.4, -0.2) is 26.8 Å². The molecule has 0 atom stereocenters. The van der Waals surface area contributed by atoms with Crippen LogP contribution in [0.3, 0.4) is 0 Å². The Kier molecular flexibility index (Phi) is 3.39. The first-order valence-corrected chi connectivity index (χ1v) is 7.54. The molecule has 0 saturated carbocycles. The van der Waals surface area contributed by atoms with Crippen molar-refractivity contribution in [2.45, 2.75) is 0 Å². The summed E-state index contributed by atoms with van der Waals surface area (Å²) >= 11 is 0. The summed E-state index contributed by atoms with van der Waals surface area (Å²) in [7, 11) is 1.64. The van der Waals surface area contributed by atoms with Gasteiger partial charge < -0.3 is 9.84 Å². The summed E-state index contributed by atoms with van der Waals surface area (Å²) in [4.78, 5) is 0. The summed E-state index contributed by atoms with van der Waals surface area (Å²) in [5, 5.41) is 18.2. The second-order valence-electron chi connectivity index (χ2n) is 5.42. The van der Waals surface area contributed by atoms with E-state index in [1.165, 1.54) is 0 Å². The lowest BCUT2D eigenvalue weighted by molar-refractivity contribution is 0.416. The van der Waals surface area contributed by atoms with Gasteiger partial charge in [0.2, 0.25) is 0 Å². The van der Waals surface area contributed by atoms with E-state index in [4.69, 9.17) is 4.74 Å². The van der Waals surface area contributed by atoms with Crippen LogP contribution in [0.25, 0.3) is 28.2 Å². The maximum atomic E-state index is 9.70. The fraction of sp³-hybridized carbons (Fsp3) is 0.0526. The number of hydrogen-bond donors (Lipinski definition) is 1. The fourth-order valence-electron chi connectivity index (χ4n) is 2.76. The predicted octanol–water partition coefficient (Wildman–Crippen LogP) is 3.78. The highest BCUT2D eigenvalue weighted by molar-refractivity contribution is 5.70. The lowest BCUT2D eigenvalue weighted by Gasteiger charge is -2.08. The Morgan fingerprint density at radius 2 is 1.79 bits per heavy atom. The standard InChI is InChI=1S/C19H15N3O2/c1-24-17-8-3-2-7-16(17)19-21-20-18-10-9-14(12-22(18)19)13-5-4-6-15(23)11-13/h2-12,23H,1H3. The number of methoxy groups -OCH3 is 1. The van der Waals surface area contributed by atoms with Gasteiger partial charge in [-0.3, -0.25) is 4.40 Å². The molecule has 24 heavy (non-hydrogen) atoms. The van der Waals surface area contributed by atoms with Crippen LogP contribution < -0.4 is 4.74 Å². The van der Waals surface area contributed by atoms with Gasteiger partial charge in [0.15, 0.2) is 11.5 Å². The van der Waals surface area contributed by atoms with Crippen molar-refractivity contribution in [3.8, 4) is 34.0 Å². The van der Waals surface area contributed by atoms with E-state index in [-0.39, 0.29) is 5.75 Å². The molecule has 0 amide bonds. The average molecular weight is 317 g/mol. The quantitative estimate of drug-likeness (QED) is 0.625. The lowest BCUT2D eigenvalue weighted by atomic mass is 10.1. The molecule has 0 saturated heterocycles. The van der Waals surface area contributed by atoms with E-state index in [9.17, 15) is 5.11 Å². The molecule has 1 N–H and O–H groups in total. The molecule has 0 fully saturated rings. The molecule has 0 aliphatic rings. The molecular formula is C19H15N3O2.